The van der Waals surface area contributed by atoms with Gasteiger partial charge in [-0.2, -0.15) is 0 Å². The smallest absolute Gasteiger partial charge is 0.373 e. The maximum atomic E-state index is 12.0. The van der Waals surface area contributed by atoms with E-state index in [4.69, 9.17) is 14.2 Å². The highest BCUT2D eigenvalue weighted by atomic mass is 16.6. The van der Waals surface area contributed by atoms with E-state index in [1.807, 2.05) is 36.4 Å². The Morgan fingerprint density at radius 3 is 2.52 bits per heavy atom. The summed E-state index contributed by atoms with van der Waals surface area (Å²) in [6, 6.07) is 7.70. The van der Waals surface area contributed by atoms with E-state index in [1.165, 1.54) is 14.2 Å². The van der Waals surface area contributed by atoms with Gasteiger partial charge in [-0.25, -0.2) is 9.59 Å². The van der Waals surface area contributed by atoms with Crippen LogP contribution in [0.4, 0.5) is 0 Å². The minimum atomic E-state index is -0.671. The molecule has 0 amide bonds. The number of methoxy groups -OCH3 is 2. The van der Waals surface area contributed by atoms with Gasteiger partial charge < -0.3 is 14.2 Å². The molecule has 1 aliphatic heterocycles. The lowest BCUT2D eigenvalue weighted by molar-refractivity contribution is -0.142. The van der Waals surface area contributed by atoms with E-state index < -0.39 is 18.0 Å². The molecule has 0 spiro atoms. The highest BCUT2D eigenvalue weighted by Gasteiger charge is 2.45. The van der Waals surface area contributed by atoms with Crippen LogP contribution in [0.15, 0.2) is 41.7 Å². The average molecular weight is 286 g/mol. The quantitative estimate of drug-likeness (QED) is 0.778. The number of hydrogen-bond acceptors (Lipinski definition) is 5. The van der Waals surface area contributed by atoms with Crippen LogP contribution in [-0.2, 0) is 23.8 Å². The maximum Gasteiger partial charge on any atom is 0.373 e. The third-order valence-corrected chi connectivity index (χ3v) is 3.71. The monoisotopic (exact) mass is 286 g/mol. The molecule has 2 atom stereocenters. The number of esters is 2. The number of carbonyl (C=O) groups excluding carboxylic acids is 2. The summed E-state index contributed by atoms with van der Waals surface area (Å²) in [5.41, 5.74) is 2.15. The fraction of sp³-hybridized carbons (Fsp3) is 0.250. The van der Waals surface area contributed by atoms with Crippen LogP contribution in [0, 0.1) is 5.92 Å². The molecule has 5 heteroatoms. The van der Waals surface area contributed by atoms with Gasteiger partial charge in [0.1, 0.15) is 6.10 Å². The number of fused-ring (bicyclic) bond motifs is 3. The first-order valence-electron chi connectivity index (χ1n) is 6.52. The lowest BCUT2D eigenvalue weighted by atomic mass is 9.83. The Morgan fingerprint density at radius 2 is 1.81 bits per heavy atom. The van der Waals surface area contributed by atoms with Gasteiger partial charge in [0.15, 0.2) is 0 Å². The standard InChI is InChI=1S/C16H14O5/c1-19-15(17)12-11-8-7-9-5-3-4-6-10(9)13(11)21-14(12)16(18)20-2/h3-8,11,13H,1-2H3/t11-,13-/m1/s1. The Bertz CT molecular complexity index is 671. The van der Waals surface area contributed by atoms with Crippen molar-refractivity contribution in [3.8, 4) is 0 Å². The molecule has 3 rings (SSSR count). The number of ether oxygens (including phenoxy) is 3. The summed E-state index contributed by atoms with van der Waals surface area (Å²) in [7, 11) is 2.53. The number of rotatable bonds is 2. The van der Waals surface area contributed by atoms with E-state index in [0.29, 0.717) is 0 Å². The highest BCUT2D eigenvalue weighted by Crippen LogP contribution is 2.46. The fourth-order valence-electron chi connectivity index (χ4n) is 2.74. The molecule has 1 aromatic rings. The summed E-state index contributed by atoms with van der Waals surface area (Å²) in [4.78, 5) is 23.9. The molecule has 0 aromatic heterocycles. The summed E-state index contributed by atoms with van der Waals surface area (Å²) in [5.74, 6) is -1.66. The number of benzene rings is 1. The second-order valence-corrected chi connectivity index (χ2v) is 4.78. The van der Waals surface area contributed by atoms with Crippen LogP contribution in [0.25, 0.3) is 6.08 Å². The molecule has 1 aliphatic carbocycles. The molecule has 2 aliphatic rings. The van der Waals surface area contributed by atoms with Crippen LogP contribution in [0.2, 0.25) is 0 Å². The zero-order valence-electron chi connectivity index (χ0n) is 11.7. The molecule has 0 unspecified atom stereocenters. The Hall–Kier alpha value is -2.56. The van der Waals surface area contributed by atoms with Crippen LogP contribution in [0.5, 0.6) is 0 Å². The second-order valence-electron chi connectivity index (χ2n) is 4.78. The van der Waals surface area contributed by atoms with Gasteiger partial charge in [0, 0.05) is 5.56 Å². The molecule has 0 fully saturated rings. The average Bonchev–Trinajstić information content (AvgIpc) is 2.93. The van der Waals surface area contributed by atoms with Crippen LogP contribution in [0.3, 0.4) is 0 Å². The van der Waals surface area contributed by atoms with Crippen molar-refractivity contribution in [2.45, 2.75) is 6.10 Å². The zero-order chi connectivity index (χ0) is 15.0. The normalized spacial score (nSPS) is 22.2. The molecule has 108 valence electrons. The first-order valence-corrected chi connectivity index (χ1v) is 6.52. The minimum absolute atomic E-state index is 0.0688. The summed E-state index contributed by atoms with van der Waals surface area (Å²) in [6.07, 6.45) is 3.37. The van der Waals surface area contributed by atoms with Gasteiger partial charge >= 0.3 is 11.9 Å². The minimum Gasteiger partial charge on any atom is -0.477 e. The first-order chi connectivity index (χ1) is 10.2. The van der Waals surface area contributed by atoms with Gasteiger partial charge in [-0.15, -0.1) is 0 Å². The Morgan fingerprint density at radius 1 is 1.10 bits per heavy atom. The van der Waals surface area contributed by atoms with Crippen LogP contribution in [0.1, 0.15) is 17.2 Å². The van der Waals surface area contributed by atoms with Crippen molar-refractivity contribution in [3.05, 3.63) is 52.8 Å². The predicted octanol–water partition coefficient (Wildman–Crippen LogP) is 2.00. The molecule has 0 saturated carbocycles. The lowest BCUT2D eigenvalue weighted by Gasteiger charge is -2.23. The predicted molar refractivity (Wildman–Crippen MR) is 73.9 cm³/mol. The van der Waals surface area contributed by atoms with E-state index in [-0.39, 0.29) is 17.3 Å². The van der Waals surface area contributed by atoms with Gasteiger partial charge in [0.05, 0.1) is 25.7 Å². The molecule has 0 N–H and O–H groups in total. The van der Waals surface area contributed by atoms with Crippen molar-refractivity contribution < 1.29 is 23.8 Å². The molecule has 5 nitrogen and oxygen atoms in total. The van der Waals surface area contributed by atoms with Crippen LogP contribution < -0.4 is 0 Å². The fourth-order valence-corrected chi connectivity index (χ4v) is 2.74. The molecule has 0 radical (unpaired) electrons. The molecule has 21 heavy (non-hydrogen) atoms. The molecular formula is C16H14O5. The molecular weight excluding hydrogens is 272 g/mol. The Kier molecular flexibility index (Phi) is 3.25. The largest absolute Gasteiger partial charge is 0.477 e. The maximum absolute atomic E-state index is 12.0. The summed E-state index contributed by atoms with van der Waals surface area (Å²) in [5, 5.41) is 0. The molecule has 1 heterocycles. The second kappa shape index (κ2) is 5.09. The van der Waals surface area contributed by atoms with Gasteiger partial charge in [-0.3, -0.25) is 0 Å². The van der Waals surface area contributed by atoms with Crippen molar-refractivity contribution in [2.24, 2.45) is 5.92 Å². The van der Waals surface area contributed by atoms with Gasteiger partial charge in [0.25, 0.3) is 0 Å². The number of hydrogen-bond donors (Lipinski definition) is 0. The summed E-state index contributed by atoms with van der Waals surface area (Å²) < 4.78 is 15.2. The van der Waals surface area contributed by atoms with Crippen molar-refractivity contribution in [2.75, 3.05) is 14.2 Å². The number of carbonyl (C=O) groups is 2. The van der Waals surface area contributed by atoms with Gasteiger partial charge in [0.2, 0.25) is 5.76 Å². The van der Waals surface area contributed by atoms with Gasteiger partial charge in [-0.05, 0) is 5.56 Å². The molecule has 0 bridgehead atoms. The van der Waals surface area contributed by atoms with E-state index in [9.17, 15) is 9.59 Å². The summed E-state index contributed by atoms with van der Waals surface area (Å²) >= 11 is 0. The van der Waals surface area contributed by atoms with E-state index in [2.05, 4.69) is 0 Å². The third kappa shape index (κ3) is 2.01. The van der Waals surface area contributed by atoms with Crippen LogP contribution >= 0.6 is 0 Å². The van der Waals surface area contributed by atoms with Crippen molar-refractivity contribution >= 4 is 18.0 Å². The SMILES string of the molecule is COC(=O)C1=C(C(=O)OC)[C@H]2C=Cc3ccccc3[C@H]2O1. The zero-order valence-corrected chi connectivity index (χ0v) is 11.7. The highest BCUT2D eigenvalue weighted by molar-refractivity contribution is 6.01. The molecule has 1 aromatic carbocycles. The summed E-state index contributed by atoms with van der Waals surface area (Å²) in [6.45, 7) is 0. The Balaban J connectivity index is 2.08. The van der Waals surface area contributed by atoms with Gasteiger partial charge in [-0.1, -0.05) is 36.4 Å². The Labute approximate surface area is 121 Å². The first kappa shape index (κ1) is 13.4. The van der Waals surface area contributed by atoms with E-state index in [1.54, 1.807) is 0 Å². The van der Waals surface area contributed by atoms with Crippen molar-refractivity contribution in [1.82, 2.24) is 0 Å². The molecule has 0 saturated heterocycles. The van der Waals surface area contributed by atoms with Crippen molar-refractivity contribution in [3.63, 3.8) is 0 Å². The van der Waals surface area contributed by atoms with Crippen molar-refractivity contribution in [1.29, 1.82) is 0 Å². The van der Waals surface area contributed by atoms with E-state index in [0.717, 1.165) is 11.1 Å². The lowest BCUT2D eigenvalue weighted by Crippen LogP contribution is -2.18. The third-order valence-electron chi connectivity index (χ3n) is 3.71. The topological polar surface area (TPSA) is 61.8 Å². The van der Waals surface area contributed by atoms with Crippen LogP contribution in [-0.4, -0.2) is 26.2 Å². The van der Waals surface area contributed by atoms with E-state index >= 15 is 0 Å².